The molecule has 7 heteroatoms. The van der Waals surface area contributed by atoms with Crippen LogP contribution in [0.2, 0.25) is 0 Å². The first-order valence-electron chi connectivity index (χ1n) is 5.34. The summed E-state index contributed by atoms with van der Waals surface area (Å²) in [6.45, 7) is 0. The van der Waals surface area contributed by atoms with E-state index in [9.17, 15) is 8.42 Å². The Morgan fingerprint density at radius 2 is 2.29 bits per heavy atom. The van der Waals surface area contributed by atoms with Gasteiger partial charge in [-0.1, -0.05) is 0 Å². The average molecular weight is 320 g/mol. The first-order chi connectivity index (χ1) is 7.96. The van der Waals surface area contributed by atoms with Gasteiger partial charge in [0.2, 0.25) is 0 Å². The number of nitrogens with two attached hydrogens (primary N) is 1. The Kier molecular flexibility index (Phi) is 3.58. The second-order valence-electron chi connectivity index (χ2n) is 4.20. The van der Waals surface area contributed by atoms with E-state index in [0.717, 1.165) is 10.9 Å². The highest BCUT2D eigenvalue weighted by atomic mass is 79.9. The molecule has 3 N–H and O–H groups in total. The third kappa shape index (κ3) is 3.32. The van der Waals surface area contributed by atoms with E-state index < -0.39 is 9.84 Å². The molecule has 17 heavy (non-hydrogen) atoms. The molecule has 1 saturated heterocycles. The molecular formula is C10H14BrN3O2S. The van der Waals surface area contributed by atoms with Crippen LogP contribution in [0.25, 0.3) is 0 Å². The molecule has 2 heterocycles. The van der Waals surface area contributed by atoms with Gasteiger partial charge in [0.15, 0.2) is 9.84 Å². The number of halogens is 1. The van der Waals surface area contributed by atoms with Gasteiger partial charge in [0, 0.05) is 6.04 Å². The Balaban J connectivity index is 2.10. The van der Waals surface area contributed by atoms with Gasteiger partial charge in [0.25, 0.3) is 0 Å². The molecule has 1 atom stereocenters. The third-order valence-electron chi connectivity index (χ3n) is 2.67. The lowest BCUT2D eigenvalue weighted by atomic mass is 10.2. The number of nitrogens with one attached hydrogen (secondary N) is 1. The van der Waals surface area contributed by atoms with Gasteiger partial charge in [-0.25, -0.2) is 13.4 Å². The van der Waals surface area contributed by atoms with Gasteiger partial charge in [-0.3, -0.25) is 0 Å². The smallest absolute Gasteiger partial charge is 0.152 e. The van der Waals surface area contributed by atoms with Gasteiger partial charge in [0.05, 0.1) is 27.9 Å². The van der Waals surface area contributed by atoms with Crippen LogP contribution in [0.4, 0.5) is 11.5 Å². The van der Waals surface area contributed by atoms with E-state index in [1.165, 1.54) is 0 Å². The van der Waals surface area contributed by atoms with Crippen molar-refractivity contribution in [2.24, 2.45) is 0 Å². The number of hydrogen-bond acceptors (Lipinski definition) is 5. The maximum Gasteiger partial charge on any atom is 0.152 e. The number of nitrogen functional groups attached to an aromatic ring is 1. The van der Waals surface area contributed by atoms with E-state index in [-0.39, 0.29) is 11.8 Å². The lowest BCUT2D eigenvalue weighted by Gasteiger charge is -2.23. The first kappa shape index (κ1) is 12.6. The first-order valence-corrected chi connectivity index (χ1v) is 7.96. The number of aromatic nitrogens is 1. The van der Waals surface area contributed by atoms with Gasteiger partial charge in [0.1, 0.15) is 5.82 Å². The second kappa shape index (κ2) is 4.81. The van der Waals surface area contributed by atoms with E-state index >= 15 is 0 Å². The van der Waals surface area contributed by atoms with E-state index in [1.807, 2.05) is 0 Å². The summed E-state index contributed by atoms with van der Waals surface area (Å²) in [5.41, 5.74) is 6.16. The van der Waals surface area contributed by atoms with Crippen molar-refractivity contribution in [3.8, 4) is 0 Å². The maximum absolute atomic E-state index is 11.5. The number of nitrogens with zero attached hydrogens (tertiary/aromatic N) is 1. The molecule has 1 fully saturated rings. The highest BCUT2D eigenvalue weighted by Gasteiger charge is 2.25. The summed E-state index contributed by atoms with van der Waals surface area (Å²) in [5, 5.41) is 3.14. The van der Waals surface area contributed by atoms with Gasteiger partial charge >= 0.3 is 0 Å². The van der Waals surface area contributed by atoms with Crippen molar-refractivity contribution < 1.29 is 8.42 Å². The summed E-state index contributed by atoms with van der Waals surface area (Å²) in [5.74, 6) is 1.11. The van der Waals surface area contributed by atoms with Crippen LogP contribution in [0, 0.1) is 0 Å². The molecule has 0 aromatic carbocycles. The highest BCUT2D eigenvalue weighted by molar-refractivity contribution is 9.10. The minimum atomic E-state index is -2.90. The summed E-state index contributed by atoms with van der Waals surface area (Å²) in [6, 6.07) is 1.67. The fraction of sp³-hybridized carbons (Fsp3) is 0.500. The number of hydrogen-bond donors (Lipinski definition) is 2. The SMILES string of the molecule is Nc1cnc(NC2CCCS(=O)(=O)C2)c(Br)c1. The van der Waals surface area contributed by atoms with Gasteiger partial charge in [-0.2, -0.15) is 0 Å². The number of sulfone groups is 1. The van der Waals surface area contributed by atoms with Crippen LogP contribution in [-0.4, -0.2) is 30.9 Å². The maximum atomic E-state index is 11.5. The predicted molar refractivity (Wildman–Crippen MR) is 71.6 cm³/mol. The molecule has 0 saturated carbocycles. The molecule has 1 aliphatic heterocycles. The van der Waals surface area contributed by atoms with E-state index in [2.05, 4.69) is 26.2 Å². The van der Waals surface area contributed by atoms with Crippen molar-refractivity contribution in [2.75, 3.05) is 22.6 Å². The molecule has 0 amide bonds. The minimum Gasteiger partial charge on any atom is -0.397 e. The predicted octanol–water partition coefficient (Wildman–Crippen LogP) is 1.42. The number of pyridine rings is 1. The van der Waals surface area contributed by atoms with Crippen molar-refractivity contribution in [3.05, 3.63) is 16.7 Å². The molecule has 0 spiro atoms. The standard InChI is InChI=1S/C10H14BrN3O2S/c11-9-4-7(12)5-13-10(9)14-8-2-1-3-17(15,16)6-8/h4-5,8H,1-3,6,12H2,(H,13,14). The topological polar surface area (TPSA) is 85.1 Å². The summed E-state index contributed by atoms with van der Waals surface area (Å²) in [7, 11) is -2.90. The molecule has 1 aromatic rings. The van der Waals surface area contributed by atoms with Crippen LogP contribution in [-0.2, 0) is 9.84 Å². The fourth-order valence-corrected chi connectivity index (χ4v) is 4.01. The van der Waals surface area contributed by atoms with E-state index in [0.29, 0.717) is 23.7 Å². The molecule has 5 nitrogen and oxygen atoms in total. The Hall–Kier alpha value is -0.820. The molecular weight excluding hydrogens is 306 g/mol. The number of anilines is 2. The molecule has 1 unspecified atom stereocenters. The Bertz CT molecular complexity index is 518. The Morgan fingerprint density at radius 1 is 1.53 bits per heavy atom. The highest BCUT2D eigenvalue weighted by Crippen LogP contribution is 2.24. The lowest BCUT2D eigenvalue weighted by molar-refractivity contribution is 0.561. The molecule has 0 radical (unpaired) electrons. The normalized spacial score (nSPS) is 23.2. The van der Waals surface area contributed by atoms with Gasteiger partial charge in [-0.15, -0.1) is 0 Å². The Morgan fingerprint density at radius 3 is 2.94 bits per heavy atom. The Labute approximate surface area is 109 Å². The molecule has 1 aliphatic rings. The zero-order valence-corrected chi connectivity index (χ0v) is 11.6. The van der Waals surface area contributed by atoms with Crippen LogP contribution in [0.1, 0.15) is 12.8 Å². The van der Waals surface area contributed by atoms with Crippen molar-refractivity contribution >= 4 is 37.3 Å². The lowest BCUT2D eigenvalue weighted by Crippen LogP contribution is -2.35. The van der Waals surface area contributed by atoms with Gasteiger partial charge < -0.3 is 11.1 Å². The summed E-state index contributed by atoms with van der Waals surface area (Å²) >= 11 is 3.35. The van der Waals surface area contributed by atoms with Crippen molar-refractivity contribution in [1.82, 2.24) is 4.98 Å². The second-order valence-corrected chi connectivity index (χ2v) is 7.28. The van der Waals surface area contributed by atoms with Crippen LogP contribution in [0.5, 0.6) is 0 Å². The van der Waals surface area contributed by atoms with Gasteiger partial charge in [-0.05, 0) is 34.8 Å². The van der Waals surface area contributed by atoms with Crippen LogP contribution >= 0.6 is 15.9 Å². The molecule has 1 aromatic heterocycles. The van der Waals surface area contributed by atoms with Crippen LogP contribution in [0.3, 0.4) is 0 Å². The van der Waals surface area contributed by atoms with Crippen molar-refractivity contribution in [1.29, 1.82) is 0 Å². The number of rotatable bonds is 2. The minimum absolute atomic E-state index is 0.0684. The largest absolute Gasteiger partial charge is 0.397 e. The third-order valence-corrected chi connectivity index (χ3v) is 5.09. The van der Waals surface area contributed by atoms with E-state index in [1.54, 1.807) is 12.3 Å². The summed E-state index contributed by atoms with van der Waals surface area (Å²) in [6.07, 6.45) is 3.09. The van der Waals surface area contributed by atoms with Crippen LogP contribution < -0.4 is 11.1 Å². The fourth-order valence-electron chi connectivity index (χ4n) is 1.89. The average Bonchev–Trinajstić information content (AvgIpc) is 2.21. The molecule has 0 bridgehead atoms. The van der Waals surface area contributed by atoms with Crippen molar-refractivity contribution in [2.45, 2.75) is 18.9 Å². The molecule has 2 rings (SSSR count). The summed E-state index contributed by atoms with van der Waals surface area (Å²) in [4.78, 5) is 4.14. The zero-order chi connectivity index (χ0) is 12.5. The van der Waals surface area contributed by atoms with Crippen LogP contribution in [0.15, 0.2) is 16.7 Å². The monoisotopic (exact) mass is 319 g/mol. The summed E-state index contributed by atoms with van der Waals surface area (Å²) < 4.78 is 23.7. The quantitative estimate of drug-likeness (QED) is 0.861. The molecule has 94 valence electrons. The van der Waals surface area contributed by atoms with E-state index in [4.69, 9.17) is 5.73 Å². The zero-order valence-electron chi connectivity index (χ0n) is 9.19. The molecule has 0 aliphatic carbocycles. The van der Waals surface area contributed by atoms with Crippen molar-refractivity contribution in [3.63, 3.8) is 0 Å².